The molecule has 0 heterocycles. The van der Waals surface area contributed by atoms with Gasteiger partial charge in [-0.25, -0.2) is 0 Å². The largest absolute Gasteiger partial charge is 0.504 e. The fourth-order valence-corrected chi connectivity index (χ4v) is 1.33. The number of hydrogen-bond donors (Lipinski definition) is 3. The number of nitrogens with zero attached hydrogens (tertiary/aromatic N) is 1. The number of phenolic OH excluding ortho intramolecular Hbond substituents is 2. The lowest BCUT2D eigenvalue weighted by Crippen LogP contribution is -2.17. The normalized spacial score (nSPS) is 12.8. The van der Waals surface area contributed by atoms with Crippen LogP contribution in [-0.2, 0) is 11.2 Å². The third-order valence-corrected chi connectivity index (χ3v) is 2.14. The molecule has 5 heteroatoms. The van der Waals surface area contributed by atoms with E-state index in [0.29, 0.717) is 5.56 Å². The molecule has 1 aromatic carbocycles. The highest BCUT2D eigenvalue weighted by atomic mass is 16.4. The Bertz CT molecular complexity index is 414. The quantitative estimate of drug-likeness (QED) is 0.525. The molecule has 0 aliphatic heterocycles. The molecule has 0 aromatic heterocycles. The summed E-state index contributed by atoms with van der Waals surface area (Å²) in [6.07, 6.45) is 1.56. The van der Waals surface area contributed by atoms with E-state index >= 15 is 0 Å². The van der Waals surface area contributed by atoms with Crippen LogP contribution >= 0.6 is 0 Å². The molecule has 16 heavy (non-hydrogen) atoms. The van der Waals surface area contributed by atoms with E-state index in [9.17, 15) is 9.90 Å². The van der Waals surface area contributed by atoms with Gasteiger partial charge in [0.25, 0.3) is 0 Å². The lowest BCUT2D eigenvalue weighted by Gasteiger charge is -2.07. The van der Waals surface area contributed by atoms with Crippen LogP contribution in [0.5, 0.6) is 11.5 Å². The van der Waals surface area contributed by atoms with Crippen LogP contribution in [0.4, 0.5) is 0 Å². The first-order valence-electron chi connectivity index (χ1n) is 4.70. The van der Waals surface area contributed by atoms with E-state index in [-0.39, 0.29) is 17.9 Å². The molecule has 0 spiro atoms. The van der Waals surface area contributed by atoms with Crippen LogP contribution in [0.1, 0.15) is 5.56 Å². The molecule has 0 saturated heterocycles. The van der Waals surface area contributed by atoms with Gasteiger partial charge in [-0.15, -0.1) is 0 Å². The zero-order chi connectivity index (χ0) is 12.1. The van der Waals surface area contributed by atoms with E-state index in [1.807, 2.05) is 0 Å². The van der Waals surface area contributed by atoms with Gasteiger partial charge in [-0.1, -0.05) is 6.07 Å². The lowest BCUT2D eigenvalue weighted by atomic mass is 10.0. The van der Waals surface area contributed by atoms with Crippen LogP contribution in [0.3, 0.4) is 0 Å². The van der Waals surface area contributed by atoms with E-state index in [1.165, 1.54) is 25.4 Å². The Morgan fingerprint density at radius 1 is 1.44 bits per heavy atom. The molecule has 0 bridgehead atoms. The molecule has 1 atom stereocenters. The summed E-state index contributed by atoms with van der Waals surface area (Å²) in [5.41, 5.74) is 0.627. The van der Waals surface area contributed by atoms with Gasteiger partial charge in [0, 0.05) is 13.3 Å². The smallest absolute Gasteiger partial charge is 0.312 e. The zero-order valence-electron chi connectivity index (χ0n) is 8.79. The Morgan fingerprint density at radius 3 is 2.62 bits per heavy atom. The number of aromatic hydroxyl groups is 2. The highest BCUT2D eigenvalue weighted by Gasteiger charge is 2.15. The van der Waals surface area contributed by atoms with Crippen molar-refractivity contribution in [3.05, 3.63) is 23.8 Å². The molecule has 0 aliphatic carbocycles. The maximum Gasteiger partial charge on any atom is 0.312 e. The molecule has 86 valence electrons. The summed E-state index contributed by atoms with van der Waals surface area (Å²) in [6, 6.07) is 4.23. The topological polar surface area (TPSA) is 90.1 Å². The molecule has 0 saturated carbocycles. The average Bonchev–Trinajstić information content (AvgIpc) is 2.22. The molecule has 1 aromatic rings. The summed E-state index contributed by atoms with van der Waals surface area (Å²) in [6.45, 7) is 0. The Hall–Kier alpha value is -2.04. The first-order chi connectivity index (χ1) is 7.54. The molecular formula is C11H13NO4. The minimum atomic E-state index is -0.974. The Morgan fingerprint density at radius 2 is 2.12 bits per heavy atom. The number of carbonyl (C=O) groups is 1. The monoisotopic (exact) mass is 223 g/mol. The SMILES string of the molecule is C/N=C/C(Cc1ccc(O)c(O)c1)C(=O)O. The van der Waals surface area contributed by atoms with E-state index < -0.39 is 11.9 Å². The van der Waals surface area contributed by atoms with E-state index in [4.69, 9.17) is 10.2 Å². The van der Waals surface area contributed by atoms with E-state index in [0.717, 1.165) is 0 Å². The second kappa shape index (κ2) is 5.16. The number of carboxylic acids is 1. The first kappa shape index (κ1) is 12.0. The van der Waals surface area contributed by atoms with Gasteiger partial charge in [-0.3, -0.25) is 9.79 Å². The Balaban J connectivity index is 2.85. The van der Waals surface area contributed by atoms with Crippen molar-refractivity contribution in [1.82, 2.24) is 0 Å². The standard InChI is InChI=1S/C11H13NO4/c1-12-6-8(11(15)16)4-7-2-3-9(13)10(14)5-7/h2-3,5-6,8,13-14H,4H2,1H3,(H,15,16)/b12-6+. The maximum absolute atomic E-state index is 10.8. The predicted molar refractivity (Wildman–Crippen MR) is 59.0 cm³/mol. The van der Waals surface area contributed by atoms with Gasteiger partial charge in [0.05, 0.1) is 5.92 Å². The summed E-state index contributed by atoms with van der Waals surface area (Å²) < 4.78 is 0. The van der Waals surface area contributed by atoms with Crippen molar-refractivity contribution < 1.29 is 20.1 Å². The summed E-state index contributed by atoms with van der Waals surface area (Å²) in [5, 5.41) is 27.2. The van der Waals surface area contributed by atoms with Gasteiger partial charge in [-0.2, -0.15) is 0 Å². The highest BCUT2D eigenvalue weighted by molar-refractivity contribution is 5.88. The van der Waals surface area contributed by atoms with Gasteiger partial charge in [0.15, 0.2) is 11.5 Å². The van der Waals surface area contributed by atoms with Gasteiger partial charge in [-0.05, 0) is 24.1 Å². The Kier molecular flexibility index (Phi) is 3.88. The van der Waals surface area contributed by atoms with Crippen LogP contribution in [-0.4, -0.2) is 34.6 Å². The van der Waals surface area contributed by atoms with Crippen molar-refractivity contribution in [1.29, 1.82) is 0 Å². The number of aliphatic imine (C=N–C) groups is 1. The fourth-order valence-electron chi connectivity index (χ4n) is 1.33. The number of aliphatic carboxylic acids is 1. The van der Waals surface area contributed by atoms with Crippen molar-refractivity contribution in [3.63, 3.8) is 0 Å². The van der Waals surface area contributed by atoms with Crippen molar-refractivity contribution >= 4 is 12.2 Å². The molecule has 0 aliphatic rings. The van der Waals surface area contributed by atoms with E-state index in [1.54, 1.807) is 6.07 Å². The first-order valence-corrected chi connectivity index (χ1v) is 4.70. The van der Waals surface area contributed by atoms with Crippen LogP contribution < -0.4 is 0 Å². The summed E-state index contributed by atoms with van der Waals surface area (Å²) >= 11 is 0. The van der Waals surface area contributed by atoms with Gasteiger partial charge >= 0.3 is 5.97 Å². The van der Waals surface area contributed by atoms with Crippen molar-refractivity contribution in [2.24, 2.45) is 10.9 Å². The molecule has 3 N–H and O–H groups in total. The number of rotatable bonds is 4. The van der Waals surface area contributed by atoms with Crippen LogP contribution in [0.25, 0.3) is 0 Å². The third-order valence-electron chi connectivity index (χ3n) is 2.14. The summed E-state index contributed by atoms with van der Waals surface area (Å²) in [4.78, 5) is 14.5. The van der Waals surface area contributed by atoms with Crippen LogP contribution in [0, 0.1) is 5.92 Å². The maximum atomic E-state index is 10.8. The third kappa shape index (κ3) is 2.98. The van der Waals surface area contributed by atoms with Gasteiger partial charge < -0.3 is 15.3 Å². The fraction of sp³-hybridized carbons (Fsp3) is 0.273. The number of hydrogen-bond acceptors (Lipinski definition) is 4. The Labute approximate surface area is 92.7 Å². The second-order valence-corrected chi connectivity index (χ2v) is 3.38. The number of phenols is 2. The number of benzene rings is 1. The van der Waals surface area contributed by atoms with E-state index in [2.05, 4.69) is 4.99 Å². The second-order valence-electron chi connectivity index (χ2n) is 3.38. The van der Waals surface area contributed by atoms with Gasteiger partial charge in [0.1, 0.15) is 0 Å². The summed E-state index contributed by atoms with van der Waals surface area (Å²) in [7, 11) is 1.50. The predicted octanol–water partition coefficient (Wildman–Crippen LogP) is 1.04. The highest BCUT2D eigenvalue weighted by Crippen LogP contribution is 2.25. The molecule has 0 radical (unpaired) electrons. The van der Waals surface area contributed by atoms with Crippen molar-refractivity contribution in [3.8, 4) is 11.5 Å². The summed E-state index contributed by atoms with van der Waals surface area (Å²) in [5.74, 6) is -2.18. The van der Waals surface area contributed by atoms with Crippen LogP contribution in [0.2, 0.25) is 0 Å². The lowest BCUT2D eigenvalue weighted by molar-refractivity contribution is -0.139. The molecule has 5 nitrogen and oxygen atoms in total. The minimum Gasteiger partial charge on any atom is -0.504 e. The number of carboxylic acid groups (broad SMARTS) is 1. The molecule has 0 amide bonds. The van der Waals surface area contributed by atoms with Crippen LogP contribution in [0.15, 0.2) is 23.2 Å². The minimum absolute atomic E-state index is 0.222. The zero-order valence-corrected chi connectivity index (χ0v) is 8.79. The van der Waals surface area contributed by atoms with Gasteiger partial charge in [0.2, 0.25) is 0 Å². The average molecular weight is 223 g/mol. The molecule has 1 unspecified atom stereocenters. The molecular weight excluding hydrogens is 210 g/mol. The molecule has 0 fully saturated rings. The molecule has 1 rings (SSSR count). The van der Waals surface area contributed by atoms with Crippen molar-refractivity contribution in [2.45, 2.75) is 6.42 Å². The van der Waals surface area contributed by atoms with Crippen molar-refractivity contribution in [2.75, 3.05) is 7.05 Å².